The van der Waals surface area contributed by atoms with Gasteiger partial charge in [-0.05, 0) is 63.6 Å². The molecule has 3 heteroatoms. The predicted octanol–water partition coefficient (Wildman–Crippen LogP) is 4.02. The molecule has 2 heterocycles. The van der Waals surface area contributed by atoms with Gasteiger partial charge in [-0.25, -0.2) is 0 Å². The molecule has 118 valence electrons. The van der Waals surface area contributed by atoms with Gasteiger partial charge >= 0.3 is 0 Å². The van der Waals surface area contributed by atoms with Gasteiger partial charge in [0.2, 0.25) is 0 Å². The molecular weight excluding hydrogens is 260 g/mol. The van der Waals surface area contributed by atoms with Crippen LogP contribution in [-0.2, 0) is 0 Å². The lowest BCUT2D eigenvalue weighted by molar-refractivity contribution is 0.00779. The number of hydrogen-bond donors (Lipinski definition) is 1. The number of hydrogen-bond acceptors (Lipinski definition) is 3. The number of furan rings is 1. The number of fused-ring (bicyclic) bond motifs is 1. The van der Waals surface area contributed by atoms with Crippen LogP contribution >= 0.6 is 0 Å². The average Bonchev–Trinajstić information content (AvgIpc) is 2.93. The molecule has 3 nitrogen and oxygen atoms in total. The van der Waals surface area contributed by atoms with Gasteiger partial charge in [-0.15, -0.1) is 0 Å². The minimum absolute atomic E-state index is 0.163. The molecule has 0 radical (unpaired) electrons. The van der Waals surface area contributed by atoms with E-state index in [4.69, 9.17) is 10.2 Å². The fraction of sp³-hybridized carbons (Fsp3) is 0.778. The van der Waals surface area contributed by atoms with Gasteiger partial charge in [0.05, 0.1) is 6.04 Å². The molecule has 2 aliphatic rings. The second-order valence-corrected chi connectivity index (χ2v) is 6.96. The summed E-state index contributed by atoms with van der Waals surface area (Å²) in [5, 5.41) is 0. The molecule has 4 atom stereocenters. The number of aryl methyl sites for hydroxylation is 1. The summed E-state index contributed by atoms with van der Waals surface area (Å²) in [6.07, 6.45) is 9.27. The van der Waals surface area contributed by atoms with E-state index < -0.39 is 0 Å². The molecule has 1 aromatic heterocycles. The number of rotatable bonds is 4. The maximum atomic E-state index is 6.51. The van der Waals surface area contributed by atoms with Gasteiger partial charge in [-0.1, -0.05) is 19.8 Å². The second kappa shape index (κ2) is 6.53. The Morgan fingerprint density at radius 3 is 2.71 bits per heavy atom. The Bertz CT molecular complexity index is 454. The first-order chi connectivity index (χ1) is 10.2. The average molecular weight is 290 g/mol. The molecule has 1 aliphatic heterocycles. The zero-order chi connectivity index (χ0) is 14.8. The van der Waals surface area contributed by atoms with Gasteiger partial charge in [0.1, 0.15) is 11.5 Å². The molecule has 1 saturated carbocycles. The Morgan fingerprint density at radius 1 is 1.24 bits per heavy atom. The minimum atomic E-state index is 0.163. The largest absolute Gasteiger partial charge is 0.465 e. The molecule has 4 unspecified atom stereocenters. The molecule has 0 aromatic carbocycles. The Kier molecular flexibility index (Phi) is 4.70. The Balaban J connectivity index is 1.87. The first kappa shape index (κ1) is 15.1. The van der Waals surface area contributed by atoms with Gasteiger partial charge in [-0.3, -0.25) is 4.90 Å². The fourth-order valence-corrected chi connectivity index (χ4v) is 4.46. The topological polar surface area (TPSA) is 42.4 Å². The van der Waals surface area contributed by atoms with Crippen LogP contribution in [-0.4, -0.2) is 23.5 Å². The molecule has 2 fully saturated rings. The number of nitrogens with zero attached hydrogens (tertiary/aromatic N) is 1. The van der Waals surface area contributed by atoms with Crippen LogP contribution in [0.25, 0.3) is 0 Å². The first-order valence-corrected chi connectivity index (χ1v) is 8.78. The number of nitrogens with two attached hydrogens (primary N) is 1. The van der Waals surface area contributed by atoms with Crippen LogP contribution in [0.2, 0.25) is 0 Å². The van der Waals surface area contributed by atoms with Crippen LogP contribution in [0.5, 0.6) is 0 Å². The summed E-state index contributed by atoms with van der Waals surface area (Å²) in [5.41, 5.74) is 6.51. The van der Waals surface area contributed by atoms with Crippen molar-refractivity contribution in [3.8, 4) is 0 Å². The zero-order valence-electron chi connectivity index (χ0n) is 13.6. The van der Waals surface area contributed by atoms with Crippen molar-refractivity contribution in [2.45, 2.75) is 76.9 Å². The van der Waals surface area contributed by atoms with E-state index in [-0.39, 0.29) is 12.1 Å². The van der Waals surface area contributed by atoms with E-state index in [1.165, 1.54) is 45.1 Å². The van der Waals surface area contributed by atoms with E-state index >= 15 is 0 Å². The monoisotopic (exact) mass is 290 g/mol. The molecule has 0 spiro atoms. The summed E-state index contributed by atoms with van der Waals surface area (Å²) < 4.78 is 5.98. The summed E-state index contributed by atoms with van der Waals surface area (Å²) >= 11 is 0. The molecule has 2 N–H and O–H groups in total. The summed E-state index contributed by atoms with van der Waals surface area (Å²) in [7, 11) is 0. The van der Waals surface area contributed by atoms with Crippen molar-refractivity contribution in [2.75, 3.05) is 6.54 Å². The van der Waals surface area contributed by atoms with Crippen LogP contribution < -0.4 is 5.73 Å². The van der Waals surface area contributed by atoms with Gasteiger partial charge in [0.25, 0.3) is 0 Å². The molecule has 1 aliphatic carbocycles. The molecule has 3 rings (SSSR count). The van der Waals surface area contributed by atoms with Crippen LogP contribution in [0.15, 0.2) is 16.5 Å². The van der Waals surface area contributed by atoms with Crippen molar-refractivity contribution in [3.63, 3.8) is 0 Å². The lowest BCUT2D eigenvalue weighted by Crippen LogP contribution is -2.52. The standard InChI is InChI=1S/C18H30N2O/c1-3-15(19)18(17-11-10-13(2)21-17)20-12-6-8-14-7-4-5-9-16(14)20/h10-11,14-16,18H,3-9,12,19H2,1-2H3. The molecule has 21 heavy (non-hydrogen) atoms. The first-order valence-electron chi connectivity index (χ1n) is 8.78. The molecule has 1 saturated heterocycles. The highest BCUT2D eigenvalue weighted by molar-refractivity contribution is 5.13. The van der Waals surface area contributed by atoms with Crippen molar-refractivity contribution in [2.24, 2.45) is 11.7 Å². The molecule has 1 aromatic rings. The van der Waals surface area contributed by atoms with Crippen molar-refractivity contribution >= 4 is 0 Å². The van der Waals surface area contributed by atoms with E-state index in [2.05, 4.69) is 24.0 Å². The molecule has 0 amide bonds. The van der Waals surface area contributed by atoms with E-state index in [1.54, 1.807) is 0 Å². The fourth-order valence-electron chi connectivity index (χ4n) is 4.46. The highest BCUT2D eigenvalue weighted by Crippen LogP contribution is 2.40. The Labute approximate surface area is 128 Å². The highest BCUT2D eigenvalue weighted by atomic mass is 16.3. The summed E-state index contributed by atoms with van der Waals surface area (Å²) in [4.78, 5) is 2.69. The highest BCUT2D eigenvalue weighted by Gasteiger charge is 2.39. The third kappa shape index (κ3) is 3.04. The molecular formula is C18H30N2O. The normalized spacial score (nSPS) is 29.9. The smallest absolute Gasteiger partial charge is 0.122 e. The summed E-state index contributed by atoms with van der Waals surface area (Å²) in [5.74, 6) is 2.96. The van der Waals surface area contributed by atoms with Crippen molar-refractivity contribution in [1.82, 2.24) is 4.90 Å². The van der Waals surface area contributed by atoms with Crippen LogP contribution in [0.4, 0.5) is 0 Å². The predicted molar refractivity (Wildman–Crippen MR) is 86.1 cm³/mol. The van der Waals surface area contributed by atoms with Crippen molar-refractivity contribution in [1.29, 1.82) is 0 Å². The second-order valence-electron chi connectivity index (χ2n) is 6.96. The van der Waals surface area contributed by atoms with Crippen molar-refractivity contribution in [3.05, 3.63) is 23.7 Å². The maximum absolute atomic E-state index is 6.51. The lowest BCUT2D eigenvalue weighted by Gasteiger charge is -2.48. The minimum Gasteiger partial charge on any atom is -0.465 e. The van der Waals surface area contributed by atoms with E-state index in [1.807, 2.05) is 6.92 Å². The van der Waals surface area contributed by atoms with Gasteiger partial charge < -0.3 is 10.2 Å². The SMILES string of the molecule is CCC(N)C(c1ccc(C)o1)N1CCCC2CCCCC21. The Morgan fingerprint density at radius 2 is 2.00 bits per heavy atom. The van der Waals surface area contributed by atoms with Crippen molar-refractivity contribution < 1.29 is 4.42 Å². The third-order valence-corrected chi connectivity index (χ3v) is 5.57. The number of piperidine rings is 1. The van der Waals surface area contributed by atoms with Crippen LogP contribution in [0, 0.1) is 12.8 Å². The van der Waals surface area contributed by atoms with Gasteiger partial charge in [0, 0.05) is 12.1 Å². The molecule has 0 bridgehead atoms. The maximum Gasteiger partial charge on any atom is 0.122 e. The van der Waals surface area contributed by atoms with E-state index in [0.717, 1.165) is 29.9 Å². The third-order valence-electron chi connectivity index (χ3n) is 5.57. The lowest BCUT2D eigenvalue weighted by atomic mass is 9.77. The van der Waals surface area contributed by atoms with Crippen LogP contribution in [0.1, 0.15) is 69.4 Å². The van der Waals surface area contributed by atoms with Gasteiger partial charge in [0.15, 0.2) is 0 Å². The van der Waals surface area contributed by atoms with E-state index in [9.17, 15) is 0 Å². The summed E-state index contributed by atoms with van der Waals surface area (Å²) in [6.45, 7) is 5.40. The van der Waals surface area contributed by atoms with Crippen LogP contribution in [0.3, 0.4) is 0 Å². The van der Waals surface area contributed by atoms with E-state index in [0.29, 0.717) is 0 Å². The quantitative estimate of drug-likeness (QED) is 0.910. The van der Waals surface area contributed by atoms with Gasteiger partial charge in [-0.2, -0.15) is 0 Å². The Hall–Kier alpha value is -0.800. The zero-order valence-corrected chi connectivity index (χ0v) is 13.6. The summed E-state index contributed by atoms with van der Waals surface area (Å²) in [6, 6.07) is 5.36. The number of likely N-dealkylation sites (tertiary alicyclic amines) is 1.